The van der Waals surface area contributed by atoms with Gasteiger partial charge in [-0.25, -0.2) is 0 Å². The molecule has 4 aromatic rings. The minimum absolute atomic E-state index is 0.0376. The Morgan fingerprint density at radius 1 is 0.316 bits per heavy atom. The predicted octanol–water partition coefficient (Wildman–Crippen LogP) is 12.0. The summed E-state index contributed by atoms with van der Waals surface area (Å²) < 4.78 is 107. The highest BCUT2D eigenvalue weighted by atomic mass is 31.2. The van der Waals surface area contributed by atoms with E-state index in [-0.39, 0.29) is 99.8 Å². The molecule has 0 saturated carbocycles. The summed E-state index contributed by atoms with van der Waals surface area (Å²) in [7, 11) is -18.1. The van der Waals surface area contributed by atoms with Crippen LogP contribution in [-0.2, 0) is 62.0 Å². The topological polar surface area (TPSA) is 223 Å². The average molecular weight is 1140 g/mol. The molecule has 0 radical (unpaired) electrons. The Morgan fingerprint density at radius 3 is 0.632 bits per heavy atom. The molecule has 16 nitrogen and oxygen atoms in total. The summed E-state index contributed by atoms with van der Waals surface area (Å²) in [5, 5.41) is -0.151. The molecule has 4 aromatic carbocycles. The molecular weight excluding hydrogens is 1050 g/mol. The Hall–Kier alpha value is -3.32. The van der Waals surface area contributed by atoms with Crippen molar-refractivity contribution < 1.29 is 74.9 Å². The summed E-state index contributed by atoms with van der Waals surface area (Å²) in [6.07, 6.45) is 9.55. The first kappa shape index (κ1) is 63.5. The van der Waals surface area contributed by atoms with Gasteiger partial charge in [0.25, 0.3) is 0 Å². The van der Waals surface area contributed by atoms with Crippen molar-refractivity contribution >= 4 is 51.6 Å². The molecule has 0 heterocycles. The summed E-state index contributed by atoms with van der Waals surface area (Å²) in [6.45, 7) is 15.6. The number of hydrogen-bond acceptors (Lipinski definition) is 12. The summed E-state index contributed by atoms with van der Waals surface area (Å²) in [5.74, 6) is 1.49. The molecule has 0 fully saturated rings. The Morgan fingerprint density at radius 2 is 0.487 bits per heavy atom. The van der Waals surface area contributed by atoms with Crippen molar-refractivity contribution in [2.24, 2.45) is 0 Å². The SMILES string of the molecule is CCCCCOc1c2cc(P(=O)(O)OCC)cc1Cc1cc(P(=O)(O)OCC)cc(c1OCCCCC)Cc1cc(P(=O)(O)OCC)cc(c1OCCCCC)Cc1cc(P(=O)(O)OCC)cc(c1OCCCCC)C2. The lowest BCUT2D eigenvalue weighted by molar-refractivity contribution is 0.282. The van der Waals surface area contributed by atoms with Crippen molar-refractivity contribution in [2.45, 2.75) is 158 Å². The Balaban J connectivity index is 2.08. The van der Waals surface area contributed by atoms with Gasteiger partial charge in [-0.15, -0.1) is 0 Å². The predicted molar refractivity (Wildman–Crippen MR) is 301 cm³/mol. The largest absolute Gasteiger partial charge is 0.493 e. The van der Waals surface area contributed by atoms with E-state index in [2.05, 4.69) is 27.7 Å². The van der Waals surface area contributed by atoms with Crippen molar-refractivity contribution in [1.29, 1.82) is 0 Å². The lowest BCUT2D eigenvalue weighted by Crippen LogP contribution is -2.19. The average Bonchev–Trinajstić information content (AvgIpc) is 3.36. The van der Waals surface area contributed by atoms with Gasteiger partial charge in [0.2, 0.25) is 0 Å². The monoisotopic (exact) mass is 1140 g/mol. The number of hydrogen-bond donors (Lipinski definition) is 4. The maximum atomic E-state index is 14.3. The van der Waals surface area contributed by atoms with E-state index in [4.69, 9.17) is 37.0 Å². The first-order valence-corrected chi connectivity index (χ1v) is 33.7. The molecule has 4 N–H and O–H groups in total. The molecule has 0 amide bonds. The third-order valence-corrected chi connectivity index (χ3v) is 19.0. The molecule has 8 bridgehead atoms. The lowest BCUT2D eigenvalue weighted by atomic mass is 9.91. The number of unbranched alkanes of at least 4 members (excludes halogenated alkanes) is 8. The third-order valence-electron chi connectivity index (χ3n) is 12.9. The Kier molecular flexibility index (Phi) is 25.3. The van der Waals surface area contributed by atoms with Gasteiger partial charge in [-0.1, -0.05) is 79.1 Å². The molecule has 0 spiro atoms. The van der Waals surface area contributed by atoms with E-state index in [9.17, 15) is 37.8 Å². The summed E-state index contributed by atoms with van der Waals surface area (Å²) in [6, 6.07) is 12.5. The lowest BCUT2D eigenvalue weighted by Gasteiger charge is -2.26. The second-order valence-electron chi connectivity index (χ2n) is 19.1. The summed E-state index contributed by atoms with van der Waals surface area (Å²) in [5.41, 5.74) is 3.46. The number of fused-ring (bicyclic) bond motifs is 8. The highest BCUT2D eigenvalue weighted by Crippen LogP contribution is 2.49. The van der Waals surface area contributed by atoms with E-state index in [1.807, 2.05) is 0 Å². The van der Waals surface area contributed by atoms with Crippen LogP contribution in [0.5, 0.6) is 23.0 Å². The van der Waals surface area contributed by atoms with E-state index in [1.54, 1.807) is 76.2 Å². The van der Waals surface area contributed by atoms with E-state index in [0.717, 1.165) is 51.4 Å². The van der Waals surface area contributed by atoms with Gasteiger partial charge in [-0.3, -0.25) is 18.3 Å². The number of ether oxygens (including phenoxy) is 4. The van der Waals surface area contributed by atoms with Crippen molar-refractivity contribution in [1.82, 2.24) is 0 Å². The van der Waals surface area contributed by atoms with Gasteiger partial charge in [0.05, 0.1) is 74.1 Å². The molecule has 1 aliphatic carbocycles. The van der Waals surface area contributed by atoms with E-state index < -0.39 is 30.4 Å². The van der Waals surface area contributed by atoms with Crippen molar-refractivity contribution in [3.8, 4) is 23.0 Å². The van der Waals surface area contributed by atoms with Crippen LogP contribution in [0.1, 0.15) is 177 Å². The van der Waals surface area contributed by atoms with Gasteiger partial charge in [-0.05, 0) is 146 Å². The zero-order chi connectivity index (χ0) is 55.5. The van der Waals surface area contributed by atoms with Crippen molar-refractivity contribution in [3.63, 3.8) is 0 Å². The maximum Gasteiger partial charge on any atom is 0.358 e. The van der Waals surface area contributed by atoms with E-state index in [0.29, 0.717) is 93.2 Å². The maximum absolute atomic E-state index is 14.3. The number of benzene rings is 4. The molecule has 4 atom stereocenters. The van der Waals surface area contributed by atoms with Crippen LogP contribution in [0.15, 0.2) is 48.5 Å². The highest BCUT2D eigenvalue weighted by molar-refractivity contribution is 7.62. The molecule has 1 aliphatic rings. The zero-order valence-corrected chi connectivity index (χ0v) is 49.6. The van der Waals surface area contributed by atoms with Gasteiger partial charge in [-0.2, -0.15) is 0 Å². The standard InChI is InChI=1S/C56H84O16P4/c1-9-17-21-25-65-53-41-29-43-35-50(74(59,60)70-14-6)37-45(54(43)66-26-22-18-10-2)31-47-39-52(76(63,64)72-16-8)40-48(56(47)68-28-24-20-12-4)32-46-38-51(75(61,62)71-15-7)36-44(55(46)67-27-23-19-11-3)30-42(53)34-49(33-41)73(57,58)69-13-5/h33-40H,9-32H2,1-8H3,(H,57,58)(H,59,60)(H,61,62)(H,63,64). The Labute approximate surface area is 451 Å². The highest BCUT2D eigenvalue weighted by Gasteiger charge is 2.34. The van der Waals surface area contributed by atoms with Gasteiger partial charge >= 0.3 is 30.4 Å². The Bertz CT molecular complexity index is 2270. The van der Waals surface area contributed by atoms with Crippen LogP contribution in [0.3, 0.4) is 0 Å². The fourth-order valence-corrected chi connectivity index (χ4v) is 13.9. The van der Waals surface area contributed by atoms with E-state index >= 15 is 0 Å². The smallest absolute Gasteiger partial charge is 0.358 e. The number of rotatable bonds is 32. The van der Waals surface area contributed by atoms with Gasteiger partial charge in [0, 0.05) is 25.7 Å². The first-order valence-electron chi connectivity index (χ1n) is 27.4. The summed E-state index contributed by atoms with van der Waals surface area (Å²) >= 11 is 0. The summed E-state index contributed by atoms with van der Waals surface area (Å²) in [4.78, 5) is 46.7. The third kappa shape index (κ3) is 17.3. The molecule has 20 heteroatoms. The molecular formula is C56H84O16P4. The molecule has 0 aliphatic heterocycles. The van der Waals surface area contributed by atoms with Crippen LogP contribution in [0.25, 0.3) is 0 Å². The van der Waals surface area contributed by atoms with Crippen LogP contribution >= 0.6 is 30.4 Å². The molecule has 0 aromatic heterocycles. The fraction of sp³-hybridized carbons (Fsp3) is 0.571. The quantitative estimate of drug-likeness (QED) is 0.0232. The second kappa shape index (κ2) is 30.3. The molecule has 424 valence electrons. The van der Waals surface area contributed by atoms with Crippen LogP contribution < -0.4 is 40.2 Å². The molecule has 0 saturated heterocycles. The minimum atomic E-state index is -4.53. The van der Waals surface area contributed by atoms with Crippen LogP contribution in [0.2, 0.25) is 0 Å². The van der Waals surface area contributed by atoms with Gasteiger partial charge < -0.3 is 56.6 Å². The fourth-order valence-electron chi connectivity index (χ4n) is 9.31. The first-order chi connectivity index (χ1) is 36.3. The van der Waals surface area contributed by atoms with Crippen LogP contribution in [0, 0.1) is 0 Å². The van der Waals surface area contributed by atoms with E-state index in [1.165, 1.54) is 0 Å². The molecule has 76 heavy (non-hydrogen) atoms. The minimum Gasteiger partial charge on any atom is -0.493 e. The normalized spacial score (nSPS) is 15.7. The second-order valence-corrected chi connectivity index (χ2v) is 26.3. The van der Waals surface area contributed by atoms with Crippen molar-refractivity contribution in [3.05, 3.63) is 93.0 Å². The molecule has 5 rings (SSSR count). The van der Waals surface area contributed by atoms with Gasteiger partial charge in [0.1, 0.15) is 23.0 Å². The van der Waals surface area contributed by atoms with Gasteiger partial charge in [0.15, 0.2) is 0 Å². The zero-order valence-electron chi connectivity index (χ0n) is 46.1. The van der Waals surface area contributed by atoms with Crippen molar-refractivity contribution in [2.75, 3.05) is 52.9 Å². The van der Waals surface area contributed by atoms with Crippen LogP contribution in [-0.4, -0.2) is 72.4 Å². The molecule has 4 unspecified atom stereocenters. The van der Waals surface area contributed by atoms with Crippen LogP contribution in [0.4, 0.5) is 0 Å².